The number of ether oxygens (including phenoxy) is 3. The molecule has 3 N–H and O–H groups in total. The first-order valence-corrected chi connectivity index (χ1v) is 27.4. The summed E-state index contributed by atoms with van der Waals surface area (Å²) in [5.74, 6) is -1.03. The number of aromatic nitrogens is 2. The first kappa shape index (κ1) is 60.7. The van der Waals surface area contributed by atoms with Gasteiger partial charge in [0.1, 0.15) is 24.9 Å². The van der Waals surface area contributed by atoms with Gasteiger partial charge in [-0.15, -0.1) is 0 Å². The highest BCUT2D eigenvalue weighted by atomic mass is 31.2. The Kier molecular flexibility index (Phi) is 35.1. The Bertz CT molecular complexity index is 1740. The van der Waals surface area contributed by atoms with Crippen molar-refractivity contribution in [2.24, 2.45) is 0 Å². The fraction of sp³-hybridized carbons (Fsp3) is 0.784. The molecule has 0 bridgehead atoms. The van der Waals surface area contributed by atoms with Crippen molar-refractivity contribution in [2.75, 3.05) is 26.4 Å². The largest absolute Gasteiger partial charge is 0.475 e. The predicted molar refractivity (Wildman–Crippen MR) is 263 cm³/mol. The van der Waals surface area contributed by atoms with Crippen LogP contribution < -0.4 is 11.2 Å². The summed E-state index contributed by atoms with van der Waals surface area (Å²) in [6.45, 7) is 2.47. The normalized spacial score (nSPS) is 18.5. The summed E-state index contributed by atoms with van der Waals surface area (Å²) in [4.78, 5) is 51.8. The maximum atomic E-state index is 13.9. The molecule has 6 atom stereocenters. The number of allylic oxidation sites excluding steroid dienone is 4. The van der Waals surface area contributed by atoms with Crippen molar-refractivity contribution < 1.29 is 52.1 Å². The molecule has 68 heavy (non-hydrogen) atoms. The van der Waals surface area contributed by atoms with Crippen LogP contribution in [0.2, 0.25) is 0 Å². The standard InChI is InChI=1S/C51H86N3O13P/c1-3-5-7-9-11-13-15-17-19-21-23-25-27-29-31-34-46(56)62-40-43(66-47(57)35-32-30-28-26-24-22-20-18-16-14-12-10-8-6-4-2)41-64-68(61,63-39-33-37-52)65-42-44-48(58)49(59)50(67-44)54-38-36-45(55)53-51(54)60/h17-20,36,38,43-44,48-50,58-59H,3-16,21-35,39-42H2,1-2H3,(H,53,55,60)/b19-17-,20-18-/t43-,44-,48-,49-,50-,68?/m1/s1. The molecule has 1 aliphatic rings. The monoisotopic (exact) mass is 980 g/mol. The minimum Gasteiger partial charge on any atom is -0.462 e. The second-order valence-electron chi connectivity index (χ2n) is 17.8. The fourth-order valence-electron chi connectivity index (χ4n) is 7.68. The molecule has 2 rings (SSSR count). The maximum Gasteiger partial charge on any atom is 0.475 e. The summed E-state index contributed by atoms with van der Waals surface area (Å²) in [7, 11) is -4.58. The molecule has 0 spiro atoms. The third-order valence-corrected chi connectivity index (χ3v) is 13.2. The van der Waals surface area contributed by atoms with Crippen molar-refractivity contribution in [1.29, 1.82) is 5.26 Å². The molecule has 0 amide bonds. The maximum absolute atomic E-state index is 13.9. The van der Waals surface area contributed by atoms with Gasteiger partial charge in [0.05, 0.1) is 32.3 Å². The number of aliphatic hydroxyl groups is 2. The molecule has 1 unspecified atom stereocenters. The van der Waals surface area contributed by atoms with E-state index in [2.05, 4.69) is 38.2 Å². The number of phosphoric acid groups is 1. The van der Waals surface area contributed by atoms with Crippen molar-refractivity contribution in [2.45, 2.75) is 231 Å². The van der Waals surface area contributed by atoms with Gasteiger partial charge in [-0.2, -0.15) is 5.26 Å². The summed E-state index contributed by atoms with van der Waals surface area (Å²) < 4.78 is 48.0. The first-order chi connectivity index (χ1) is 33.0. The average Bonchev–Trinajstić information content (AvgIpc) is 3.60. The van der Waals surface area contributed by atoms with Crippen LogP contribution in [0.3, 0.4) is 0 Å². The number of aromatic amines is 1. The van der Waals surface area contributed by atoms with E-state index in [1.807, 2.05) is 11.1 Å². The van der Waals surface area contributed by atoms with Gasteiger partial charge in [-0.25, -0.2) is 9.36 Å². The van der Waals surface area contributed by atoms with Crippen LogP contribution in [0.25, 0.3) is 0 Å². The summed E-state index contributed by atoms with van der Waals surface area (Å²) >= 11 is 0. The van der Waals surface area contributed by atoms with Crippen molar-refractivity contribution in [3.63, 3.8) is 0 Å². The van der Waals surface area contributed by atoms with Gasteiger partial charge in [-0.1, -0.05) is 141 Å². The number of nitriles is 1. The fourth-order valence-corrected chi connectivity index (χ4v) is 8.89. The van der Waals surface area contributed by atoms with Crippen molar-refractivity contribution in [3.05, 3.63) is 57.4 Å². The van der Waals surface area contributed by atoms with Gasteiger partial charge >= 0.3 is 25.5 Å². The SMILES string of the molecule is CCCCCCCC/C=C\CCCCCCCC(=O)OC[C@H](COP(=O)(OCCC#N)OC[C@H]1O[C@@H](n2ccc(=O)[nH]c2=O)[C@H](O)[C@@H]1O)OC(=O)CCCCCCC/C=C\CCCCCCCC. The van der Waals surface area contributed by atoms with Gasteiger partial charge in [0, 0.05) is 25.1 Å². The van der Waals surface area contributed by atoms with E-state index in [1.54, 1.807) is 0 Å². The highest BCUT2D eigenvalue weighted by Gasteiger charge is 2.45. The Morgan fingerprint density at radius 3 is 1.74 bits per heavy atom. The van der Waals surface area contributed by atoms with Gasteiger partial charge < -0.3 is 24.4 Å². The lowest BCUT2D eigenvalue weighted by atomic mass is 10.1. The number of hydrogen-bond acceptors (Lipinski definition) is 14. The van der Waals surface area contributed by atoms with Crippen LogP contribution in [-0.2, 0) is 41.9 Å². The number of carbonyl (C=O) groups excluding carboxylic acids is 2. The zero-order chi connectivity index (χ0) is 49.5. The molecule has 2 heterocycles. The lowest BCUT2D eigenvalue weighted by molar-refractivity contribution is -0.161. The summed E-state index contributed by atoms with van der Waals surface area (Å²) in [5, 5.41) is 30.4. The molecule has 1 saturated heterocycles. The third-order valence-electron chi connectivity index (χ3n) is 11.8. The number of aliphatic hydroxyl groups excluding tert-OH is 2. The molecular weight excluding hydrogens is 894 g/mol. The first-order valence-electron chi connectivity index (χ1n) is 25.9. The Hall–Kier alpha value is -3.42. The van der Waals surface area contributed by atoms with Crippen LogP contribution in [0.4, 0.5) is 0 Å². The molecule has 0 radical (unpaired) electrons. The second-order valence-corrected chi connectivity index (χ2v) is 19.5. The third kappa shape index (κ3) is 28.9. The molecule has 17 heteroatoms. The van der Waals surface area contributed by atoms with Gasteiger partial charge in [0.15, 0.2) is 12.3 Å². The highest BCUT2D eigenvalue weighted by molar-refractivity contribution is 7.48. The predicted octanol–water partition coefficient (Wildman–Crippen LogP) is 10.8. The highest BCUT2D eigenvalue weighted by Crippen LogP contribution is 2.50. The van der Waals surface area contributed by atoms with Crippen LogP contribution in [0.5, 0.6) is 0 Å². The molecule has 0 saturated carbocycles. The van der Waals surface area contributed by atoms with E-state index < -0.39 is 74.9 Å². The number of unbranched alkanes of at least 4 members (excludes halogenated alkanes) is 22. The molecule has 1 fully saturated rings. The van der Waals surface area contributed by atoms with Gasteiger partial charge in [0.25, 0.3) is 5.56 Å². The van der Waals surface area contributed by atoms with E-state index in [9.17, 15) is 34.0 Å². The van der Waals surface area contributed by atoms with Crippen LogP contribution in [-0.4, -0.2) is 82.5 Å². The van der Waals surface area contributed by atoms with E-state index >= 15 is 0 Å². The van der Waals surface area contributed by atoms with Crippen molar-refractivity contribution in [1.82, 2.24) is 9.55 Å². The lowest BCUT2D eigenvalue weighted by Gasteiger charge is -2.23. The molecule has 0 aromatic carbocycles. The number of phosphoric ester groups is 1. The van der Waals surface area contributed by atoms with Crippen LogP contribution in [0.1, 0.15) is 206 Å². The average molecular weight is 980 g/mol. The summed E-state index contributed by atoms with van der Waals surface area (Å²) in [5.41, 5.74) is -1.57. The topological polar surface area (TPSA) is 226 Å². The van der Waals surface area contributed by atoms with Crippen LogP contribution >= 0.6 is 7.82 Å². The number of H-pyrrole nitrogens is 1. The number of carbonyl (C=O) groups is 2. The van der Waals surface area contributed by atoms with E-state index in [0.717, 1.165) is 93.9 Å². The number of rotatable bonds is 43. The number of hydrogen-bond donors (Lipinski definition) is 3. The minimum absolute atomic E-state index is 0.114. The molecule has 0 aliphatic carbocycles. The van der Waals surface area contributed by atoms with Crippen LogP contribution in [0.15, 0.2) is 46.2 Å². The Morgan fingerprint density at radius 2 is 1.22 bits per heavy atom. The zero-order valence-electron chi connectivity index (χ0n) is 41.4. The van der Waals surface area contributed by atoms with Crippen LogP contribution in [0, 0.1) is 11.3 Å². The van der Waals surface area contributed by atoms with E-state index in [1.165, 1.54) is 77.0 Å². The Labute approximate surface area is 406 Å². The van der Waals surface area contributed by atoms with Gasteiger partial charge in [0.2, 0.25) is 0 Å². The minimum atomic E-state index is -4.58. The lowest BCUT2D eigenvalue weighted by Crippen LogP contribution is -2.37. The zero-order valence-corrected chi connectivity index (χ0v) is 42.3. The Balaban J connectivity index is 1.89. The van der Waals surface area contributed by atoms with E-state index in [-0.39, 0.29) is 32.5 Å². The van der Waals surface area contributed by atoms with Gasteiger partial charge in [-0.05, 0) is 64.2 Å². The Morgan fingerprint density at radius 1 is 0.721 bits per heavy atom. The number of esters is 2. The number of nitrogens with zero attached hydrogens (tertiary/aromatic N) is 2. The molecule has 1 aliphatic heterocycles. The van der Waals surface area contributed by atoms with Crippen molar-refractivity contribution >= 4 is 19.8 Å². The second kappa shape index (κ2) is 39.3. The summed E-state index contributed by atoms with van der Waals surface area (Å²) in [6, 6.07) is 2.90. The quantitative estimate of drug-likeness (QED) is 0.0240. The van der Waals surface area contributed by atoms with E-state index in [0.29, 0.717) is 12.8 Å². The van der Waals surface area contributed by atoms with Crippen molar-refractivity contribution in [3.8, 4) is 6.07 Å². The van der Waals surface area contributed by atoms with E-state index in [4.69, 9.17) is 33.0 Å². The molecule has 388 valence electrons. The number of nitrogens with one attached hydrogen (secondary N) is 1. The summed E-state index contributed by atoms with van der Waals surface area (Å²) in [6.07, 6.45) is 32.2. The molecular formula is C51H86N3O13P. The molecule has 1 aromatic rings. The smallest absolute Gasteiger partial charge is 0.462 e. The molecule has 16 nitrogen and oxygen atoms in total. The molecule has 1 aromatic heterocycles. The van der Waals surface area contributed by atoms with Gasteiger partial charge in [-0.3, -0.25) is 37.5 Å².